The van der Waals surface area contributed by atoms with Crippen LogP contribution < -0.4 is 14.2 Å². The summed E-state index contributed by atoms with van der Waals surface area (Å²) in [7, 11) is 0. The first-order chi connectivity index (χ1) is 17.4. The second-order valence-electron chi connectivity index (χ2n) is 8.19. The van der Waals surface area contributed by atoms with Crippen LogP contribution in [0.15, 0.2) is 66.7 Å². The van der Waals surface area contributed by atoms with Crippen molar-refractivity contribution in [1.29, 1.82) is 5.26 Å². The normalized spacial score (nSPS) is 11.9. The fourth-order valence-corrected chi connectivity index (χ4v) is 3.55. The molecule has 186 valence electrons. The van der Waals surface area contributed by atoms with Crippen LogP contribution >= 0.6 is 0 Å². The summed E-state index contributed by atoms with van der Waals surface area (Å²) >= 11 is 0. The van der Waals surface area contributed by atoms with E-state index in [9.17, 15) is 15.4 Å². The first kappa shape index (κ1) is 26.3. The molecule has 1 unspecified atom stereocenters. The summed E-state index contributed by atoms with van der Waals surface area (Å²) in [4.78, 5) is 10.4. The molecule has 3 aromatic rings. The molecular formula is C29H30N2O5. The Balaban J connectivity index is 1.65. The number of nitro groups is 1. The smallest absolute Gasteiger partial charge is 0.269 e. The Morgan fingerprint density at radius 1 is 0.972 bits per heavy atom. The van der Waals surface area contributed by atoms with E-state index in [4.69, 9.17) is 14.2 Å². The van der Waals surface area contributed by atoms with Gasteiger partial charge in [-0.3, -0.25) is 10.1 Å². The molecule has 0 heterocycles. The van der Waals surface area contributed by atoms with E-state index in [-0.39, 0.29) is 5.69 Å². The third-order valence-electron chi connectivity index (χ3n) is 5.76. The number of nitrogens with zero attached hydrogens (tertiary/aromatic N) is 2. The Labute approximate surface area is 211 Å². The molecule has 0 amide bonds. The Bertz CT molecular complexity index is 1230. The lowest BCUT2D eigenvalue weighted by Gasteiger charge is -2.14. The monoisotopic (exact) mass is 486 g/mol. The van der Waals surface area contributed by atoms with Gasteiger partial charge in [0.2, 0.25) is 0 Å². The van der Waals surface area contributed by atoms with Crippen molar-refractivity contribution in [3.8, 4) is 23.3 Å². The molecule has 0 saturated carbocycles. The molecule has 7 heteroatoms. The fourth-order valence-electron chi connectivity index (χ4n) is 3.55. The molecule has 0 spiro atoms. The lowest BCUT2D eigenvalue weighted by atomic mass is 9.99. The third kappa shape index (κ3) is 7.09. The maximum Gasteiger partial charge on any atom is 0.269 e. The van der Waals surface area contributed by atoms with E-state index >= 15 is 0 Å². The van der Waals surface area contributed by atoms with Crippen LogP contribution in [0.1, 0.15) is 49.8 Å². The second-order valence-corrected chi connectivity index (χ2v) is 8.19. The highest BCUT2D eigenvalue weighted by Crippen LogP contribution is 2.31. The predicted octanol–water partition coefficient (Wildman–Crippen LogP) is 7.03. The quantitative estimate of drug-likeness (QED) is 0.0897. The highest BCUT2D eigenvalue weighted by atomic mass is 16.6. The van der Waals surface area contributed by atoms with Crippen LogP contribution in [0.2, 0.25) is 0 Å². The van der Waals surface area contributed by atoms with Gasteiger partial charge < -0.3 is 14.2 Å². The van der Waals surface area contributed by atoms with E-state index in [1.807, 2.05) is 25.1 Å². The zero-order chi connectivity index (χ0) is 25.9. The van der Waals surface area contributed by atoms with Gasteiger partial charge in [0.1, 0.15) is 19.0 Å². The molecule has 0 saturated heterocycles. The number of nitriles is 1. The minimum absolute atomic E-state index is 0.0248. The molecule has 0 aliphatic rings. The molecule has 0 aliphatic heterocycles. The van der Waals surface area contributed by atoms with E-state index in [0.29, 0.717) is 48.4 Å². The van der Waals surface area contributed by atoms with Crippen LogP contribution in [0.5, 0.6) is 17.2 Å². The average molecular weight is 487 g/mol. The largest absolute Gasteiger partial charge is 0.490 e. The number of hydrogen-bond donors (Lipinski definition) is 0. The number of rotatable bonds is 12. The molecule has 0 radical (unpaired) electrons. The molecule has 0 bridgehead atoms. The summed E-state index contributed by atoms with van der Waals surface area (Å²) in [5.74, 6) is 2.46. The molecule has 3 aromatic carbocycles. The van der Waals surface area contributed by atoms with Gasteiger partial charge in [-0.25, -0.2) is 0 Å². The summed E-state index contributed by atoms with van der Waals surface area (Å²) < 4.78 is 17.5. The van der Waals surface area contributed by atoms with E-state index < -0.39 is 4.92 Å². The van der Waals surface area contributed by atoms with Crippen molar-refractivity contribution in [2.45, 2.75) is 33.1 Å². The Morgan fingerprint density at radius 3 is 2.28 bits per heavy atom. The zero-order valence-electron chi connectivity index (χ0n) is 20.8. The van der Waals surface area contributed by atoms with Crippen molar-refractivity contribution < 1.29 is 19.1 Å². The summed E-state index contributed by atoms with van der Waals surface area (Å²) in [5.41, 5.74) is 3.00. The van der Waals surface area contributed by atoms with Gasteiger partial charge in [-0.1, -0.05) is 32.0 Å². The maximum absolute atomic E-state index is 10.9. The molecule has 0 fully saturated rings. The lowest BCUT2D eigenvalue weighted by molar-refractivity contribution is -0.384. The van der Waals surface area contributed by atoms with Crippen LogP contribution in [0, 0.1) is 21.4 Å². The van der Waals surface area contributed by atoms with Gasteiger partial charge >= 0.3 is 0 Å². The number of nitro benzene ring substituents is 1. The zero-order valence-corrected chi connectivity index (χ0v) is 20.8. The average Bonchev–Trinajstić information content (AvgIpc) is 2.90. The Hall–Kier alpha value is -4.31. The number of benzene rings is 3. The van der Waals surface area contributed by atoms with Gasteiger partial charge in [0, 0.05) is 12.1 Å². The van der Waals surface area contributed by atoms with Crippen LogP contribution in [0.3, 0.4) is 0 Å². The standard InChI is InChI=1S/C29H30N2O5/c1-4-21(3)23-9-13-27(14-10-23)35-16-17-36-28-15-6-22(19-29(28)34-5-2)18-25(20-30)24-7-11-26(12-8-24)31(32)33/h6-15,18-19,21H,4-5,16-17H2,1-3H3. The Morgan fingerprint density at radius 2 is 1.67 bits per heavy atom. The number of ether oxygens (including phenoxy) is 3. The fraction of sp³-hybridized carbons (Fsp3) is 0.276. The summed E-state index contributed by atoms with van der Waals surface area (Å²) in [6, 6.07) is 21.6. The Kier molecular flexibility index (Phi) is 9.47. The highest BCUT2D eigenvalue weighted by molar-refractivity contribution is 5.90. The summed E-state index contributed by atoms with van der Waals surface area (Å²) in [5, 5.41) is 20.5. The van der Waals surface area contributed by atoms with Gasteiger partial charge in [0.25, 0.3) is 5.69 Å². The summed E-state index contributed by atoms with van der Waals surface area (Å²) in [6.07, 6.45) is 2.80. The van der Waals surface area contributed by atoms with E-state index in [2.05, 4.69) is 32.0 Å². The molecule has 0 aromatic heterocycles. The molecule has 0 N–H and O–H groups in total. The van der Waals surface area contributed by atoms with Crippen molar-refractivity contribution >= 4 is 17.3 Å². The van der Waals surface area contributed by atoms with Gasteiger partial charge in [-0.2, -0.15) is 5.26 Å². The van der Waals surface area contributed by atoms with E-state index in [1.54, 1.807) is 30.3 Å². The molecular weight excluding hydrogens is 456 g/mol. The minimum Gasteiger partial charge on any atom is -0.490 e. The first-order valence-electron chi connectivity index (χ1n) is 11.9. The highest BCUT2D eigenvalue weighted by Gasteiger charge is 2.10. The predicted molar refractivity (Wildman–Crippen MR) is 140 cm³/mol. The topological polar surface area (TPSA) is 94.6 Å². The summed E-state index contributed by atoms with van der Waals surface area (Å²) in [6.45, 7) is 7.44. The van der Waals surface area contributed by atoms with Gasteiger partial charge in [-0.05, 0) is 78.4 Å². The molecule has 1 atom stereocenters. The van der Waals surface area contributed by atoms with E-state index in [1.165, 1.54) is 17.7 Å². The van der Waals surface area contributed by atoms with Crippen molar-refractivity contribution in [3.63, 3.8) is 0 Å². The van der Waals surface area contributed by atoms with Crippen LogP contribution in [0.4, 0.5) is 5.69 Å². The third-order valence-corrected chi connectivity index (χ3v) is 5.76. The van der Waals surface area contributed by atoms with Gasteiger partial charge in [-0.15, -0.1) is 0 Å². The van der Waals surface area contributed by atoms with Crippen LogP contribution in [0.25, 0.3) is 11.6 Å². The minimum atomic E-state index is -0.471. The van der Waals surface area contributed by atoms with Crippen molar-refractivity contribution in [3.05, 3.63) is 93.5 Å². The molecule has 0 aliphatic carbocycles. The van der Waals surface area contributed by atoms with Gasteiger partial charge in [0.05, 0.1) is 23.2 Å². The van der Waals surface area contributed by atoms with Gasteiger partial charge in [0.15, 0.2) is 11.5 Å². The van der Waals surface area contributed by atoms with Crippen LogP contribution in [-0.4, -0.2) is 24.7 Å². The maximum atomic E-state index is 10.9. The number of non-ortho nitro benzene ring substituents is 1. The van der Waals surface area contributed by atoms with E-state index in [0.717, 1.165) is 17.7 Å². The SMILES string of the molecule is CCOc1cc(C=C(C#N)c2ccc([N+](=O)[O-])cc2)ccc1OCCOc1ccc(C(C)CC)cc1. The molecule has 3 rings (SSSR count). The second kappa shape index (κ2) is 13.0. The van der Waals surface area contributed by atoms with Crippen molar-refractivity contribution in [2.24, 2.45) is 0 Å². The lowest BCUT2D eigenvalue weighted by Crippen LogP contribution is -2.10. The van der Waals surface area contributed by atoms with Crippen molar-refractivity contribution in [2.75, 3.05) is 19.8 Å². The van der Waals surface area contributed by atoms with Crippen LogP contribution in [-0.2, 0) is 0 Å². The number of hydrogen-bond acceptors (Lipinski definition) is 6. The molecule has 36 heavy (non-hydrogen) atoms. The number of allylic oxidation sites excluding steroid dienone is 1. The van der Waals surface area contributed by atoms with Crippen molar-refractivity contribution in [1.82, 2.24) is 0 Å². The molecule has 7 nitrogen and oxygen atoms in total. The first-order valence-corrected chi connectivity index (χ1v) is 11.9.